The third-order valence-corrected chi connectivity index (χ3v) is 3.68. The molecule has 0 saturated carbocycles. The predicted octanol–water partition coefficient (Wildman–Crippen LogP) is 2.16. The Morgan fingerprint density at radius 1 is 1.00 bits per heavy atom. The quantitative estimate of drug-likeness (QED) is 0.717. The molecule has 0 aliphatic rings. The van der Waals surface area contributed by atoms with E-state index in [9.17, 15) is 18.8 Å². The lowest BCUT2D eigenvalue weighted by Gasteiger charge is -2.18. The standard InChI is InChI=1S/C19H20FN3O3/c1-12-7-9-14(10-8-12)17(21-13(2)24)11-18(25)22-23-19(26)15-5-3-4-6-16(15)20/h3-10,17H,11H2,1-2H3,(H,21,24)(H,22,25)(H,23,26). The number of amides is 3. The van der Waals surface area contributed by atoms with Gasteiger partial charge < -0.3 is 5.32 Å². The zero-order valence-electron chi connectivity index (χ0n) is 14.5. The fourth-order valence-electron chi connectivity index (χ4n) is 2.37. The predicted molar refractivity (Wildman–Crippen MR) is 94.4 cm³/mol. The Bertz CT molecular complexity index is 806. The molecule has 2 aromatic carbocycles. The first-order valence-corrected chi connectivity index (χ1v) is 8.04. The van der Waals surface area contributed by atoms with E-state index in [2.05, 4.69) is 16.2 Å². The number of carbonyl (C=O) groups excluding carboxylic acids is 3. The molecule has 0 bridgehead atoms. The summed E-state index contributed by atoms with van der Waals surface area (Å²) >= 11 is 0. The van der Waals surface area contributed by atoms with Gasteiger partial charge in [0.25, 0.3) is 5.91 Å². The van der Waals surface area contributed by atoms with Crippen LogP contribution in [0, 0.1) is 12.7 Å². The summed E-state index contributed by atoms with van der Waals surface area (Å²) in [5.41, 5.74) is 6.05. The number of benzene rings is 2. The van der Waals surface area contributed by atoms with Gasteiger partial charge in [0.1, 0.15) is 5.82 Å². The molecular weight excluding hydrogens is 337 g/mol. The molecule has 0 fully saturated rings. The van der Waals surface area contributed by atoms with E-state index in [0.29, 0.717) is 0 Å². The van der Waals surface area contributed by atoms with Gasteiger partial charge in [-0.05, 0) is 24.6 Å². The zero-order chi connectivity index (χ0) is 19.1. The maximum Gasteiger partial charge on any atom is 0.272 e. The summed E-state index contributed by atoms with van der Waals surface area (Å²) in [5.74, 6) is -2.24. The first-order chi connectivity index (χ1) is 12.4. The van der Waals surface area contributed by atoms with Gasteiger partial charge in [0.15, 0.2) is 0 Å². The first kappa shape index (κ1) is 19.1. The second-order valence-corrected chi connectivity index (χ2v) is 5.85. The van der Waals surface area contributed by atoms with Crippen molar-refractivity contribution < 1.29 is 18.8 Å². The molecule has 3 N–H and O–H groups in total. The maximum atomic E-state index is 13.6. The highest BCUT2D eigenvalue weighted by molar-refractivity contribution is 5.95. The Morgan fingerprint density at radius 3 is 2.27 bits per heavy atom. The molecule has 6 nitrogen and oxygen atoms in total. The van der Waals surface area contributed by atoms with Crippen molar-refractivity contribution in [2.45, 2.75) is 26.3 Å². The van der Waals surface area contributed by atoms with Crippen molar-refractivity contribution in [1.82, 2.24) is 16.2 Å². The second-order valence-electron chi connectivity index (χ2n) is 5.85. The van der Waals surface area contributed by atoms with Crippen LogP contribution in [-0.2, 0) is 9.59 Å². The van der Waals surface area contributed by atoms with Crippen molar-refractivity contribution in [2.24, 2.45) is 0 Å². The number of nitrogens with one attached hydrogen (secondary N) is 3. The van der Waals surface area contributed by atoms with Crippen LogP contribution in [0.1, 0.15) is 40.9 Å². The average Bonchev–Trinajstić information content (AvgIpc) is 2.60. The summed E-state index contributed by atoms with van der Waals surface area (Å²) in [6.07, 6.45) is -0.0831. The van der Waals surface area contributed by atoms with Crippen molar-refractivity contribution in [3.8, 4) is 0 Å². The number of carbonyl (C=O) groups is 3. The van der Waals surface area contributed by atoms with E-state index in [4.69, 9.17) is 0 Å². The van der Waals surface area contributed by atoms with E-state index in [1.807, 2.05) is 31.2 Å². The minimum atomic E-state index is -0.761. The van der Waals surface area contributed by atoms with Crippen molar-refractivity contribution in [3.05, 3.63) is 71.0 Å². The topological polar surface area (TPSA) is 87.3 Å². The van der Waals surface area contributed by atoms with Crippen LogP contribution in [0.2, 0.25) is 0 Å². The van der Waals surface area contributed by atoms with Crippen LogP contribution in [-0.4, -0.2) is 17.7 Å². The summed E-state index contributed by atoms with van der Waals surface area (Å²) in [4.78, 5) is 35.4. The molecular formula is C19H20FN3O3. The van der Waals surface area contributed by atoms with Gasteiger partial charge in [0.2, 0.25) is 11.8 Å². The minimum Gasteiger partial charge on any atom is -0.349 e. The van der Waals surface area contributed by atoms with Crippen molar-refractivity contribution in [3.63, 3.8) is 0 Å². The van der Waals surface area contributed by atoms with Crippen LogP contribution in [0.3, 0.4) is 0 Å². The van der Waals surface area contributed by atoms with Crippen LogP contribution in [0.5, 0.6) is 0 Å². The molecule has 0 heterocycles. The van der Waals surface area contributed by atoms with Gasteiger partial charge in [0, 0.05) is 6.92 Å². The number of rotatable bonds is 5. The van der Waals surface area contributed by atoms with Gasteiger partial charge in [0.05, 0.1) is 18.0 Å². The number of hydrogen-bond donors (Lipinski definition) is 3. The highest BCUT2D eigenvalue weighted by Crippen LogP contribution is 2.17. The molecule has 0 spiro atoms. The molecule has 136 valence electrons. The SMILES string of the molecule is CC(=O)NC(CC(=O)NNC(=O)c1ccccc1F)c1ccc(C)cc1. The van der Waals surface area contributed by atoms with Gasteiger partial charge in [-0.2, -0.15) is 0 Å². The zero-order valence-corrected chi connectivity index (χ0v) is 14.5. The lowest BCUT2D eigenvalue weighted by atomic mass is 10.0. The third kappa shape index (κ3) is 5.41. The lowest BCUT2D eigenvalue weighted by Crippen LogP contribution is -2.43. The number of hydrogen-bond acceptors (Lipinski definition) is 3. The van der Waals surface area contributed by atoms with Crippen LogP contribution >= 0.6 is 0 Å². The van der Waals surface area contributed by atoms with E-state index in [0.717, 1.165) is 17.2 Å². The highest BCUT2D eigenvalue weighted by Gasteiger charge is 2.18. The Balaban J connectivity index is 1.98. The maximum absolute atomic E-state index is 13.6. The van der Waals surface area contributed by atoms with E-state index >= 15 is 0 Å². The smallest absolute Gasteiger partial charge is 0.272 e. The summed E-state index contributed by atoms with van der Waals surface area (Å²) < 4.78 is 13.6. The summed E-state index contributed by atoms with van der Waals surface area (Å²) in [5, 5.41) is 2.70. The largest absolute Gasteiger partial charge is 0.349 e. The molecule has 0 aliphatic heterocycles. The monoisotopic (exact) mass is 357 g/mol. The van der Waals surface area contributed by atoms with Gasteiger partial charge in [-0.15, -0.1) is 0 Å². The van der Waals surface area contributed by atoms with E-state index in [1.54, 1.807) is 0 Å². The fourth-order valence-corrected chi connectivity index (χ4v) is 2.37. The van der Waals surface area contributed by atoms with Crippen molar-refractivity contribution in [2.75, 3.05) is 0 Å². The highest BCUT2D eigenvalue weighted by atomic mass is 19.1. The van der Waals surface area contributed by atoms with Crippen LogP contribution in [0.25, 0.3) is 0 Å². The normalized spacial score (nSPS) is 11.3. The average molecular weight is 357 g/mol. The van der Waals surface area contributed by atoms with Crippen molar-refractivity contribution in [1.29, 1.82) is 0 Å². The van der Waals surface area contributed by atoms with Crippen LogP contribution in [0.15, 0.2) is 48.5 Å². The van der Waals surface area contributed by atoms with Crippen LogP contribution in [0.4, 0.5) is 4.39 Å². The van der Waals surface area contributed by atoms with E-state index in [1.165, 1.54) is 25.1 Å². The Morgan fingerprint density at radius 2 is 1.65 bits per heavy atom. The van der Waals surface area contributed by atoms with Gasteiger partial charge >= 0.3 is 0 Å². The van der Waals surface area contributed by atoms with E-state index in [-0.39, 0.29) is 17.9 Å². The number of halogens is 1. The van der Waals surface area contributed by atoms with Gasteiger partial charge in [-0.3, -0.25) is 25.2 Å². The molecule has 26 heavy (non-hydrogen) atoms. The second kappa shape index (κ2) is 8.75. The molecule has 0 saturated heterocycles. The molecule has 0 aromatic heterocycles. The van der Waals surface area contributed by atoms with Crippen LogP contribution < -0.4 is 16.2 Å². The van der Waals surface area contributed by atoms with Gasteiger partial charge in [-0.25, -0.2) is 4.39 Å². The first-order valence-electron chi connectivity index (χ1n) is 8.04. The molecule has 2 aromatic rings. The summed E-state index contributed by atoms with van der Waals surface area (Å²) in [6.45, 7) is 3.29. The van der Waals surface area contributed by atoms with Gasteiger partial charge in [-0.1, -0.05) is 42.0 Å². The molecule has 7 heteroatoms. The van der Waals surface area contributed by atoms with E-state index < -0.39 is 23.7 Å². The molecule has 2 rings (SSSR count). The molecule has 1 unspecified atom stereocenters. The third-order valence-electron chi connectivity index (χ3n) is 3.68. The fraction of sp³-hybridized carbons (Fsp3) is 0.211. The molecule has 0 radical (unpaired) electrons. The Hall–Kier alpha value is -3.22. The lowest BCUT2D eigenvalue weighted by molar-refractivity contribution is -0.123. The molecule has 1 atom stereocenters. The van der Waals surface area contributed by atoms with Crippen molar-refractivity contribution >= 4 is 17.7 Å². The number of hydrazine groups is 1. The Labute approximate surface area is 150 Å². The summed E-state index contributed by atoms with van der Waals surface area (Å²) in [6, 6.07) is 12.3. The minimum absolute atomic E-state index is 0.0831. The molecule has 0 aliphatic carbocycles. The Kier molecular flexibility index (Phi) is 6.43. The summed E-state index contributed by atoms with van der Waals surface area (Å²) in [7, 11) is 0. The molecule has 3 amide bonds. The number of aryl methyl sites for hydroxylation is 1.